The van der Waals surface area contributed by atoms with Gasteiger partial charge in [0.05, 0.1) is 44.5 Å². The number of para-hydroxylation sites is 4. The average molecular weight is 661 g/mol. The minimum Gasteiger partial charge on any atom is -0.309 e. The highest BCUT2D eigenvalue weighted by Crippen LogP contribution is 2.52. The van der Waals surface area contributed by atoms with E-state index in [0.717, 1.165) is 50.4 Å². The highest BCUT2D eigenvalue weighted by molar-refractivity contribution is 6.39. The lowest BCUT2D eigenvalue weighted by atomic mass is 9.94. The summed E-state index contributed by atoms with van der Waals surface area (Å²) in [5.41, 5.74) is 15.1. The van der Waals surface area contributed by atoms with Crippen molar-refractivity contribution in [3.63, 3.8) is 0 Å². The molecule has 0 bridgehead atoms. The molecule has 0 radical (unpaired) electrons. The van der Waals surface area contributed by atoms with Crippen LogP contribution >= 0.6 is 0 Å². The third kappa shape index (κ3) is 3.65. The van der Waals surface area contributed by atoms with Crippen LogP contribution < -0.4 is 0 Å². The molecule has 52 heavy (non-hydrogen) atoms. The van der Waals surface area contributed by atoms with Crippen LogP contribution in [0.4, 0.5) is 0 Å². The van der Waals surface area contributed by atoms with Crippen molar-refractivity contribution in [1.29, 1.82) is 0 Å². The first kappa shape index (κ1) is 27.7. The molecule has 0 spiro atoms. The lowest BCUT2D eigenvalue weighted by Gasteiger charge is -2.15. The van der Waals surface area contributed by atoms with Crippen LogP contribution in [-0.2, 0) is 0 Å². The summed E-state index contributed by atoms with van der Waals surface area (Å²) in [4.78, 5) is 10.7. The van der Waals surface area contributed by atoms with E-state index < -0.39 is 0 Å². The summed E-state index contributed by atoms with van der Waals surface area (Å²) in [5, 5.41) is 7.71. The molecular weight excluding hydrogens is 633 g/mol. The Morgan fingerprint density at radius 2 is 0.846 bits per heavy atom. The van der Waals surface area contributed by atoms with E-state index in [1.54, 1.807) is 0 Å². The number of aromatic nitrogens is 4. The van der Waals surface area contributed by atoms with Crippen LogP contribution in [0.25, 0.3) is 110 Å². The first-order chi connectivity index (χ1) is 25.8. The van der Waals surface area contributed by atoms with E-state index in [4.69, 9.17) is 9.97 Å². The number of hydrogen-bond acceptors (Lipinski definition) is 2. The van der Waals surface area contributed by atoms with Gasteiger partial charge >= 0.3 is 0 Å². The molecule has 4 nitrogen and oxygen atoms in total. The Labute approximate surface area is 298 Å². The Morgan fingerprint density at radius 1 is 0.327 bits per heavy atom. The van der Waals surface area contributed by atoms with Gasteiger partial charge in [-0.1, -0.05) is 103 Å². The summed E-state index contributed by atoms with van der Waals surface area (Å²) in [7, 11) is 0. The molecule has 0 saturated carbocycles. The number of fused-ring (bicyclic) bond motifs is 2. The smallest absolute Gasteiger partial charge is 0.0974 e. The zero-order valence-corrected chi connectivity index (χ0v) is 28.0. The maximum absolute atomic E-state index is 5.39. The van der Waals surface area contributed by atoms with Gasteiger partial charge in [0.15, 0.2) is 0 Å². The van der Waals surface area contributed by atoms with Gasteiger partial charge in [-0.3, -0.25) is 0 Å². The first-order valence-electron chi connectivity index (χ1n) is 17.8. The van der Waals surface area contributed by atoms with E-state index in [1.807, 2.05) is 12.1 Å². The minimum atomic E-state index is 0.874. The van der Waals surface area contributed by atoms with Crippen molar-refractivity contribution in [2.45, 2.75) is 0 Å². The maximum Gasteiger partial charge on any atom is 0.0974 e. The Balaban J connectivity index is 1.31. The van der Waals surface area contributed by atoms with Gasteiger partial charge in [0.2, 0.25) is 0 Å². The predicted octanol–water partition coefficient (Wildman–Crippen LogP) is 12.3. The Morgan fingerprint density at radius 3 is 1.48 bits per heavy atom. The topological polar surface area (TPSA) is 35.6 Å². The predicted molar refractivity (Wildman–Crippen MR) is 216 cm³/mol. The van der Waals surface area contributed by atoms with E-state index in [2.05, 4.69) is 167 Å². The standard InChI is InChI=1S/C48H28N4/c1-4-13-30(14-5-1)47-48(50-37-21-11-10-20-36(37)49-47)31-27-35-34-19-12-22-38-43(34)45-39(51(38)32-15-6-2-7-16-32)25-23-29-24-26-40-46(42(29)45)44(35)41(28-31)52(40)33-17-8-3-9-18-33/h1-28H. The molecule has 3 aromatic heterocycles. The molecule has 11 aromatic rings. The average Bonchev–Trinajstić information content (AvgIpc) is 3.69. The fraction of sp³-hybridized carbons (Fsp3) is 0. The number of nitrogens with zero attached hydrogens (tertiary/aromatic N) is 4. The summed E-state index contributed by atoms with van der Waals surface area (Å²) < 4.78 is 4.89. The molecule has 240 valence electrons. The van der Waals surface area contributed by atoms with Crippen molar-refractivity contribution in [1.82, 2.24) is 19.1 Å². The van der Waals surface area contributed by atoms with Crippen LogP contribution in [0.1, 0.15) is 0 Å². The van der Waals surface area contributed by atoms with Crippen LogP contribution in [0.15, 0.2) is 170 Å². The molecule has 0 N–H and O–H groups in total. The van der Waals surface area contributed by atoms with E-state index in [9.17, 15) is 0 Å². The molecule has 4 heteroatoms. The Bertz CT molecular complexity index is 3270. The van der Waals surface area contributed by atoms with Crippen LogP contribution in [0.2, 0.25) is 0 Å². The van der Waals surface area contributed by atoms with Crippen molar-refractivity contribution in [2.75, 3.05) is 0 Å². The molecule has 0 fully saturated rings. The van der Waals surface area contributed by atoms with Gasteiger partial charge in [0.1, 0.15) is 0 Å². The first-order valence-corrected chi connectivity index (χ1v) is 17.8. The van der Waals surface area contributed by atoms with Crippen molar-refractivity contribution in [3.8, 4) is 45.0 Å². The van der Waals surface area contributed by atoms with E-state index in [1.165, 1.54) is 60.0 Å². The van der Waals surface area contributed by atoms with Crippen LogP contribution in [0, 0.1) is 0 Å². The quantitative estimate of drug-likeness (QED) is 0.188. The summed E-state index contributed by atoms with van der Waals surface area (Å²) in [6, 6.07) is 61.0. The van der Waals surface area contributed by atoms with Crippen molar-refractivity contribution in [3.05, 3.63) is 170 Å². The summed E-state index contributed by atoms with van der Waals surface area (Å²) >= 11 is 0. The number of benzene rings is 8. The molecule has 0 unspecified atom stereocenters. The van der Waals surface area contributed by atoms with Gasteiger partial charge in [-0.2, -0.15) is 0 Å². The van der Waals surface area contributed by atoms with Crippen molar-refractivity contribution in [2.24, 2.45) is 0 Å². The van der Waals surface area contributed by atoms with Crippen molar-refractivity contribution < 1.29 is 0 Å². The van der Waals surface area contributed by atoms with E-state index >= 15 is 0 Å². The van der Waals surface area contributed by atoms with Gasteiger partial charge in [-0.05, 0) is 83.2 Å². The van der Waals surface area contributed by atoms with E-state index in [-0.39, 0.29) is 0 Å². The number of hydrogen-bond donors (Lipinski definition) is 0. The highest BCUT2D eigenvalue weighted by Gasteiger charge is 2.28. The van der Waals surface area contributed by atoms with Gasteiger partial charge in [-0.15, -0.1) is 0 Å². The number of rotatable bonds is 4. The third-order valence-corrected chi connectivity index (χ3v) is 11.0. The maximum atomic E-state index is 5.39. The van der Waals surface area contributed by atoms with Crippen LogP contribution in [0.5, 0.6) is 0 Å². The monoisotopic (exact) mass is 660 g/mol. The molecule has 0 amide bonds. The molecule has 1 aliphatic carbocycles. The summed E-state index contributed by atoms with van der Waals surface area (Å²) in [5.74, 6) is 0. The molecule has 1 aliphatic rings. The van der Waals surface area contributed by atoms with E-state index in [0.29, 0.717) is 0 Å². The minimum absolute atomic E-state index is 0.874. The lowest BCUT2D eigenvalue weighted by molar-refractivity contribution is 1.18. The molecule has 3 heterocycles. The second kappa shape index (κ2) is 10.3. The zero-order valence-electron chi connectivity index (χ0n) is 28.0. The second-order valence-corrected chi connectivity index (χ2v) is 13.8. The summed E-state index contributed by atoms with van der Waals surface area (Å²) in [6.07, 6.45) is 0. The van der Waals surface area contributed by atoms with Gasteiger partial charge in [-0.25, -0.2) is 9.97 Å². The highest BCUT2D eigenvalue weighted by atomic mass is 15.0. The fourth-order valence-corrected chi connectivity index (χ4v) is 8.87. The van der Waals surface area contributed by atoms with Gasteiger partial charge in [0.25, 0.3) is 0 Å². The van der Waals surface area contributed by atoms with Crippen LogP contribution in [0.3, 0.4) is 0 Å². The summed E-state index contributed by atoms with van der Waals surface area (Å²) in [6.45, 7) is 0. The Kier molecular flexibility index (Phi) is 5.47. The SMILES string of the molecule is c1ccc(-c2nc3ccccc3nc2-c2cc3c4c5c6c(ccc7c6c6c-3cccc6n7-c3ccccc3)ccc5n(-c3ccccc3)c4c2)cc1. The normalized spacial score (nSPS) is 12.2. The molecule has 12 rings (SSSR count). The van der Waals surface area contributed by atoms with Gasteiger partial charge in [0, 0.05) is 49.4 Å². The molecule has 0 atom stereocenters. The molecular formula is C48H28N4. The Hall–Kier alpha value is -7.04. The second-order valence-electron chi connectivity index (χ2n) is 13.8. The van der Waals surface area contributed by atoms with Crippen molar-refractivity contribution >= 4 is 65.4 Å². The largest absolute Gasteiger partial charge is 0.309 e. The molecule has 8 aromatic carbocycles. The third-order valence-electron chi connectivity index (χ3n) is 11.0. The van der Waals surface area contributed by atoms with Crippen LogP contribution in [-0.4, -0.2) is 19.1 Å². The fourth-order valence-electron chi connectivity index (χ4n) is 8.87. The molecule has 0 saturated heterocycles. The lowest BCUT2D eigenvalue weighted by Crippen LogP contribution is -1.98. The molecule has 0 aliphatic heterocycles. The zero-order chi connectivity index (χ0) is 33.9. The van der Waals surface area contributed by atoms with Gasteiger partial charge < -0.3 is 9.13 Å².